The Bertz CT molecular complexity index is 1160. The minimum Gasteiger partial charge on any atom is -0.365 e. The van der Waals surface area contributed by atoms with Crippen LogP contribution >= 0.6 is 11.3 Å². The fourth-order valence-corrected chi connectivity index (χ4v) is 5.93. The molecule has 0 atom stereocenters. The lowest BCUT2D eigenvalue weighted by atomic mass is 9.81. The molecular formula is C26H29N3O2S. The van der Waals surface area contributed by atoms with E-state index in [0.717, 1.165) is 22.4 Å². The lowest BCUT2D eigenvalue weighted by Gasteiger charge is -2.42. The van der Waals surface area contributed by atoms with Crippen LogP contribution in [-0.4, -0.2) is 17.4 Å². The van der Waals surface area contributed by atoms with Crippen molar-refractivity contribution in [3.8, 4) is 0 Å². The summed E-state index contributed by atoms with van der Waals surface area (Å²) in [5.74, 6) is -0.758. The van der Waals surface area contributed by atoms with E-state index < -0.39 is 5.91 Å². The minimum absolute atomic E-state index is 0.183. The summed E-state index contributed by atoms with van der Waals surface area (Å²) < 4.78 is 0. The first-order valence-corrected chi connectivity index (χ1v) is 11.6. The van der Waals surface area contributed by atoms with Gasteiger partial charge in [-0.2, -0.15) is 0 Å². The Morgan fingerprint density at radius 3 is 2.25 bits per heavy atom. The van der Waals surface area contributed by atoms with Crippen LogP contribution in [0.3, 0.4) is 0 Å². The molecule has 2 heterocycles. The molecule has 5 nitrogen and oxygen atoms in total. The van der Waals surface area contributed by atoms with Crippen molar-refractivity contribution < 1.29 is 9.59 Å². The lowest BCUT2D eigenvalue weighted by Crippen LogP contribution is -2.55. The monoisotopic (exact) mass is 447 g/mol. The number of hydrogen-bond donors (Lipinski definition) is 3. The van der Waals surface area contributed by atoms with Gasteiger partial charge in [-0.05, 0) is 69.4 Å². The first-order chi connectivity index (χ1) is 15.1. The van der Waals surface area contributed by atoms with Crippen LogP contribution in [0.1, 0.15) is 70.0 Å². The number of primary amides is 1. The molecule has 2 amide bonds. The Labute approximate surface area is 193 Å². The number of carbonyl (C=O) groups is 2. The topological polar surface area (TPSA) is 84.2 Å². The number of hydrogen-bond acceptors (Lipinski definition) is 4. The summed E-state index contributed by atoms with van der Waals surface area (Å²) in [5.41, 5.74) is 9.52. The summed E-state index contributed by atoms with van der Waals surface area (Å²) in [6.45, 7) is 8.39. The van der Waals surface area contributed by atoms with Crippen molar-refractivity contribution in [1.29, 1.82) is 0 Å². The normalized spacial score (nSPS) is 16.2. The van der Waals surface area contributed by atoms with E-state index in [9.17, 15) is 9.59 Å². The summed E-state index contributed by atoms with van der Waals surface area (Å²) in [4.78, 5) is 26.4. The van der Waals surface area contributed by atoms with Gasteiger partial charge in [0.15, 0.2) is 0 Å². The van der Waals surface area contributed by atoms with Crippen molar-refractivity contribution in [2.75, 3.05) is 5.32 Å². The molecule has 1 aliphatic heterocycles. The van der Waals surface area contributed by atoms with Gasteiger partial charge in [0.1, 0.15) is 5.00 Å². The SMILES string of the molecule is CC1(C)Cc2c(sc(NC(=O)c3ccc(Cc4ccccc4)cc3)c2C(N)=O)C(C)(C)N1. The summed E-state index contributed by atoms with van der Waals surface area (Å²) >= 11 is 1.43. The molecule has 166 valence electrons. The highest BCUT2D eigenvalue weighted by atomic mass is 32.1. The van der Waals surface area contributed by atoms with Gasteiger partial charge in [-0.1, -0.05) is 42.5 Å². The molecule has 3 aromatic rings. The Kier molecular flexibility index (Phi) is 5.69. The fraction of sp³-hybridized carbons (Fsp3) is 0.308. The van der Waals surface area contributed by atoms with E-state index in [1.54, 1.807) is 0 Å². The molecule has 0 aliphatic carbocycles. The van der Waals surface area contributed by atoms with Crippen molar-refractivity contribution in [2.45, 2.75) is 51.6 Å². The summed E-state index contributed by atoms with van der Waals surface area (Å²) in [6.07, 6.45) is 1.48. The third kappa shape index (κ3) is 4.47. The average molecular weight is 448 g/mol. The molecule has 4 N–H and O–H groups in total. The van der Waals surface area contributed by atoms with Gasteiger partial charge in [-0.15, -0.1) is 11.3 Å². The number of thiophene rings is 1. The predicted octanol–water partition coefficient (Wildman–Crippen LogP) is 4.85. The number of nitrogens with one attached hydrogen (secondary N) is 2. The van der Waals surface area contributed by atoms with Crippen LogP contribution in [0.15, 0.2) is 54.6 Å². The molecule has 0 spiro atoms. The molecule has 0 fully saturated rings. The maximum atomic E-state index is 13.0. The van der Waals surface area contributed by atoms with Gasteiger partial charge in [0.05, 0.1) is 5.56 Å². The Balaban J connectivity index is 1.59. The van der Waals surface area contributed by atoms with Crippen molar-refractivity contribution in [2.24, 2.45) is 5.73 Å². The number of rotatable bonds is 5. The Morgan fingerprint density at radius 2 is 1.62 bits per heavy atom. The number of carbonyl (C=O) groups excluding carboxylic acids is 2. The summed E-state index contributed by atoms with van der Waals surface area (Å²) in [5, 5.41) is 7.10. The van der Waals surface area contributed by atoms with Crippen molar-refractivity contribution >= 4 is 28.2 Å². The van der Waals surface area contributed by atoms with Crippen LogP contribution in [0.2, 0.25) is 0 Å². The predicted molar refractivity (Wildman–Crippen MR) is 130 cm³/mol. The number of anilines is 1. The largest absolute Gasteiger partial charge is 0.365 e. The Morgan fingerprint density at radius 1 is 1.00 bits per heavy atom. The second-order valence-electron chi connectivity index (χ2n) is 9.60. The number of amides is 2. The molecule has 1 aliphatic rings. The van der Waals surface area contributed by atoms with Crippen LogP contribution < -0.4 is 16.4 Å². The maximum absolute atomic E-state index is 13.0. The molecule has 4 rings (SSSR count). The van der Waals surface area contributed by atoms with Crippen molar-refractivity contribution in [1.82, 2.24) is 5.32 Å². The number of fused-ring (bicyclic) bond motifs is 1. The first-order valence-electron chi connectivity index (χ1n) is 10.8. The van der Waals surface area contributed by atoms with Gasteiger partial charge in [0, 0.05) is 21.5 Å². The highest BCUT2D eigenvalue weighted by Gasteiger charge is 2.41. The van der Waals surface area contributed by atoms with Crippen molar-refractivity contribution in [3.63, 3.8) is 0 Å². The highest BCUT2D eigenvalue weighted by molar-refractivity contribution is 7.17. The third-order valence-corrected chi connectivity index (χ3v) is 7.26. The van der Waals surface area contributed by atoms with Crippen LogP contribution in [0.5, 0.6) is 0 Å². The molecule has 32 heavy (non-hydrogen) atoms. The van der Waals surface area contributed by atoms with Crippen LogP contribution in [0, 0.1) is 0 Å². The molecule has 0 saturated carbocycles. The number of nitrogens with two attached hydrogens (primary N) is 1. The van der Waals surface area contributed by atoms with E-state index >= 15 is 0 Å². The van der Waals surface area contributed by atoms with Gasteiger partial charge in [-0.3, -0.25) is 9.59 Å². The van der Waals surface area contributed by atoms with Gasteiger partial charge >= 0.3 is 0 Å². The molecular weight excluding hydrogens is 418 g/mol. The first kappa shape index (κ1) is 22.2. The van der Waals surface area contributed by atoms with E-state index in [4.69, 9.17) is 5.73 Å². The van der Waals surface area contributed by atoms with Crippen LogP contribution in [0.4, 0.5) is 5.00 Å². The second-order valence-corrected chi connectivity index (χ2v) is 10.6. The average Bonchev–Trinajstić information content (AvgIpc) is 3.06. The molecule has 0 radical (unpaired) electrons. The van der Waals surface area contributed by atoms with Crippen LogP contribution in [-0.2, 0) is 18.4 Å². The van der Waals surface area contributed by atoms with E-state index in [-0.39, 0.29) is 17.0 Å². The highest BCUT2D eigenvalue weighted by Crippen LogP contribution is 2.45. The van der Waals surface area contributed by atoms with Gasteiger partial charge in [-0.25, -0.2) is 0 Å². The summed E-state index contributed by atoms with van der Waals surface area (Å²) in [7, 11) is 0. The zero-order valence-electron chi connectivity index (χ0n) is 18.9. The van der Waals surface area contributed by atoms with E-state index in [2.05, 4.69) is 50.5 Å². The fourth-order valence-electron chi connectivity index (χ4n) is 4.66. The second kappa shape index (κ2) is 8.19. The zero-order chi connectivity index (χ0) is 23.1. The molecule has 6 heteroatoms. The van der Waals surface area contributed by atoms with Gasteiger partial charge in [0.2, 0.25) is 0 Å². The summed E-state index contributed by atoms with van der Waals surface area (Å²) in [6, 6.07) is 17.8. The molecule has 0 unspecified atom stereocenters. The zero-order valence-corrected chi connectivity index (χ0v) is 19.7. The molecule has 1 aromatic heterocycles. The van der Waals surface area contributed by atoms with Gasteiger partial charge in [0.25, 0.3) is 11.8 Å². The van der Waals surface area contributed by atoms with Crippen LogP contribution in [0.25, 0.3) is 0 Å². The molecule has 0 saturated heterocycles. The maximum Gasteiger partial charge on any atom is 0.256 e. The third-order valence-electron chi connectivity index (χ3n) is 5.78. The smallest absolute Gasteiger partial charge is 0.256 e. The quantitative estimate of drug-likeness (QED) is 0.523. The van der Waals surface area contributed by atoms with E-state index in [0.29, 0.717) is 22.5 Å². The lowest BCUT2D eigenvalue weighted by molar-refractivity contribution is 0.0999. The molecule has 0 bridgehead atoms. The Hall–Kier alpha value is -2.96. The van der Waals surface area contributed by atoms with E-state index in [1.165, 1.54) is 16.9 Å². The number of benzene rings is 2. The minimum atomic E-state index is -0.510. The van der Waals surface area contributed by atoms with Gasteiger partial charge < -0.3 is 16.4 Å². The van der Waals surface area contributed by atoms with E-state index in [1.807, 2.05) is 42.5 Å². The molecule has 2 aromatic carbocycles. The standard InChI is InChI=1S/C26H29N3O2S/c1-25(2)15-19-20(22(27)30)24(32-21(19)26(3,4)29-25)28-23(31)18-12-10-17(11-13-18)14-16-8-6-5-7-9-16/h5-13,29H,14-15H2,1-4H3,(H2,27,30)(H,28,31). The van der Waals surface area contributed by atoms with Crippen molar-refractivity contribution in [3.05, 3.63) is 87.3 Å².